The normalized spacial score (nSPS) is 11.2. The van der Waals surface area contributed by atoms with Crippen molar-refractivity contribution in [1.82, 2.24) is 19.7 Å². The number of nitrogens with one attached hydrogen (secondary N) is 2. The highest BCUT2D eigenvalue weighted by molar-refractivity contribution is 7.99. The average Bonchev–Trinajstić information content (AvgIpc) is 3.16. The van der Waals surface area contributed by atoms with E-state index in [1.54, 1.807) is 36.7 Å². The first kappa shape index (κ1) is 22.5. The van der Waals surface area contributed by atoms with Crippen LogP contribution in [0.1, 0.15) is 27.7 Å². The smallest absolute Gasteiger partial charge is 0.234 e. The molecule has 0 saturated heterocycles. The lowest BCUT2D eigenvalue weighted by Gasteiger charge is -2.17. The summed E-state index contributed by atoms with van der Waals surface area (Å²) in [6.45, 7) is 8.26. The Morgan fingerprint density at radius 1 is 1.03 bits per heavy atom. The van der Waals surface area contributed by atoms with Crippen LogP contribution in [0.3, 0.4) is 0 Å². The highest BCUT2D eigenvalue weighted by Gasteiger charge is 2.21. The van der Waals surface area contributed by atoms with Crippen molar-refractivity contribution >= 4 is 35.0 Å². The molecule has 3 rings (SSSR count). The van der Waals surface area contributed by atoms with Gasteiger partial charge in [0.2, 0.25) is 11.8 Å². The molecule has 0 spiro atoms. The van der Waals surface area contributed by atoms with Gasteiger partial charge in [0.05, 0.1) is 5.75 Å². The number of rotatable bonds is 7. The van der Waals surface area contributed by atoms with Gasteiger partial charge in [-0.3, -0.25) is 14.6 Å². The zero-order valence-corrected chi connectivity index (χ0v) is 18.9. The lowest BCUT2D eigenvalue weighted by molar-refractivity contribution is -0.123. The Labute approximate surface area is 185 Å². The molecule has 2 N–H and O–H groups in total. The minimum Gasteiger partial charge on any atom is -0.326 e. The van der Waals surface area contributed by atoms with Crippen LogP contribution in [0.25, 0.3) is 11.4 Å². The predicted octanol–water partition coefficient (Wildman–Crippen LogP) is 4.08. The van der Waals surface area contributed by atoms with Crippen molar-refractivity contribution in [2.75, 3.05) is 16.4 Å². The number of benzene rings is 1. The van der Waals surface area contributed by atoms with Gasteiger partial charge in [-0.05, 0) is 43.3 Å². The third kappa shape index (κ3) is 5.91. The van der Waals surface area contributed by atoms with E-state index in [4.69, 9.17) is 0 Å². The van der Waals surface area contributed by atoms with Gasteiger partial charge in [0.15, 0.2) is 11.0 Å². The lowest BCUT2D eigenvalue weighted by Crippen LogP contribution is -2.27. The molecule has 9 heteroatoms. The van der Waals surface area contributed by atoms with Crippen LogP contribution < -0.4 is 10.6 Å². The van der Waals surface area contributed by atoms with Crippen molar-refractivity contribution in [3.63, 3.8) is 0 Å². The highest BCUT2D eigenvalue weighted by Crippen LogP contribution is 2.24. The van der Waals surface area contributed by atoms with E-state index < -0.39 is 5.41 Å². The largest absolute Gasteiger partial charge is 0.326 e. The molecule has 0 saturated carbocycles. The summed E-state index contributed by atoms with van der Waals surface area (Å²) in [6, 6.07) is 10.8. The molecule has 0 unspecified atom stereocenters. The molecule has 0 fully saturated rings. The summed E-state index contributed by atoms with van der Waals surface area (Å²) in [7, 11) is 0. The lowest BCUT2D eigenvalue weighted by atomic mass is 9.95. The van der Waals surface area contributed by atoms with Crippen molar-refractivity contribution in [3.05, 3.63) is 48.8 Å². The van der Waals surface area contributed by atoms with E-state index >= 15 is 0 Å². The van der Waals surface area contributed by atoms with E-state index in [1.807, 2.05) is 44.4 Å². The van der Waals surface area contributed by atoms with E-state index in [9.17, 15) is 9.59 Å². The summed E-state index contributed by atoms with van der Waals surface area (Å²) in [6.07, 6.45) is 3.45. The summed E-state index contributed by atoms with van der Waals surface area (Å²) in [4.78, 5) is 28.6. The van der Waals surface area contributed by atoms with Crippen LogP contribution in [0.4, 0.5) is 11.4 Å². The Hall–Kier alpha value is -3.20. The summed E-state index contributed by atoms with van der Waals surface area (Å²) < 4.78 is 1.96. The fraction of sp³-hybridized carbons (Fsp3) is 0.318. The molecule has 0 bridgehead atoms. The quantitative estimate of drug-likeness (QED) is 0.539. The first-order valence-electron chi connectivity index (χ1n) is 9.95. The Kier molecular flexibility index (Phi) is 7.06. The second-order valence-corrected chi connectivity index (χ2v) is 8.85. The van der Waals surface area contributed by atoms with Gasteiger partial charge in [-0.2, -0.15) is 0 Å². The third-order valence-corrected chi connectivity index (χ3v) is 5.36. The fourth-order valence-electron chi connectivity index (χ4n) is 2.67. The van der Waals surface area contributed by atoms with Crippen molar-refractivity contribution in [2.24, 2.45) is 5.41 Å². The molecule has 0 radical (unpaired) electrons. The minimum atomic E-state index is -0.472. The maximum atomic E-state index is 12.4. The van der Waals surface area contributed by atoms with Gasteiger partial charge < -0.3 is 15.2 Å². The molecular formula is C22H26N6O2S. The molecule has 2 amide bonds. The maximum Gasteiger partial charge on any atom is 0.234 e. The van der Waals surface area contributed by atoms with Crippen LogP contribution in [0.5, 0.6) is 0 Å². The first-order chi connectivity index (χ1) is 14.8. The number of hydrogen-bond acceptors (Lipinski definition) is 6. The number of carbonyl (C=O) groups excluding carboxylic acids is 2. The van der Waals surface area contributed by atoms with Crippen LogP contribution in [0, 0.1) is 5.41 Å². The molecule has 3 aromatic rings. The van der Waals surface area contributed by atoms with Crippen molar-refractivity contribution in [2.45, 2.75) is 39.4 Å². The molecule has 31 heavy (non-hydrogen) atoms. The van der Waals surface area contributed by atoms with Gasteiger partial charge >= 0.3 is 0 Å². The van der Waals surface area contributed by atoms with E-state index in [0.717, 1.165) is 11.4 Å². The summed E-state index contributed by atoms with van der Waals surface area (Å²) in [5, 5.41) is 14.9. The molecule has 0 atom stereocenters. The minimum absolute atomic E-state index is 0.0635. The topological polar surface area (TPSA) is 102 Å². The second kappa shape index (κ2) is 9.74. The zero-order valence-electron chi connectivity index (χ0n) is 18.0. The number of pyridine rings is 1. The van der Waals surface area contributed by atoms with Crippen molar-refractivity contribution in [3.8, 4) is 11.4 Å². The number of nitrogens with zero attached hydrogens (tertiary/aromatic N) is 4. The van der Waals surface area contributed by atoms with Crippen LogP contribution in [-0.4, -0.2) is 37.3 Å². The molecule has 162 valence electrons. The Balaban J connectivity index is 1.57. The standard InChI is InChI=1S/C22H26N6O2S/c1-5-28-19(15-7-6-12-23-13-15)26-27-21(28)31-14-18(29)24-16-8-10-17(11-9-16)25-20(30)22(2,3)4/h6-13H,5,14H2,1-4H3,(H,24,29)(H,25,30). The van der Waals surface area contributed by atoms with E-state index in [1.165, 1.54) is 11.8 Å². The number of amides is 2. The van der Waals surface area contributed by atoms with E-state index in [-0.39, 0.29) is 17.6 Å². The van der Waals surface area contributed by atoms with Crippen LogP contribution in [0.2, 0.25) is 0 Å². The molecule has 0 aliphatic heterocycles. The molecule has 2 aromatic heterocycles. The molecule has 0 aliphatic rings. The van der Waals surface area contributed by atoms with Crippen LogP contribution in [0.15, 0.2) is 53.9 Å². The maximum absolute atomic E-state index is 12.4. The van der Waals surface area contributed by atoms with Crippen molar-refractivity contribution < 1.29 is 9.59 Å². The van der Waals surface area contributed by atoms with Gasteiger partial charge in [0, 0.05) is 41.3 Å². The first-order valence-corrected chi connectivity index (χ1v) is 10.9. The Morgan fingerprint density at radius 2 is 1.71 bits per heavy atom. The number of carbonyl (C=O) groups is 2. The van der Waals surface area contributed by atoms with Crippen LogP contribution in [-0.2, 0) is 16.1 Å². The molecule has 2 heterocycles. The van der Waals surface area contributed by atoms with E-state index in [0.29, 0.717) is 23.1 Å². The van der Waals surface area contributed by atoms with E-state index in [2.05, 4.69) is 25.8 Å². The van der Waals surface area contributed by atoms with Gasteiger partial charge in [-0.15, -0.1) is 10.2 Å². The second-order valence-electron chi connectivity index (χ2n) is 7.91. The van der Waals surface area contributed by atoms with Gasteiger partial charge in [-0.1, -0.05) is 32.5 Å². The number of thioether (sulfide) groups is 1. The summed E-state index contributed by atoms with van der Waals surface area (Å²) in [5.41, 5.74) is 1.76. The molecule has 1 aromatic carbocycles. The molecular weight excluding hydrogens is 412 g/mol. The Bertz CT molecular complexity index is 1040. The fourth-order valence-corrected chi connectivity index (χ4v) is 3.47. The van der Waals surface area contributed by atoms with Gasteiger partial charge in [0.25, 0.3) is 0 Å². The average molecular weight is 439 g/mol. The highest BCUT2D eigenvalue weighted by atomic mass is 32.2. The monoisotopic (exact) mass is 438 g/mol. The SMILES string of the molecule is CCn1c(SCC(=O)Nc2ccc(NC(=O)C(C)(C)C)cc2)nnc1-c1cccnc1. The summed E-state index contributed by atoms with van der Waals surface area (Å²) in [5.74, 6) is 0.719. The number of hydrogen-bond donors (Lipinski definition) is 2. The van der Waals surface area contributed by atoms with Crippen molar-refractivity contribution in [1.29, 1.82) is 0 Å². The molecule has 8 nitrogen and oxygen atoms in total. The summed E-state index contributed by atoms with van der Waals surface area (Å²) >= 11 is 1.33. The zero-order chi connectivity index (χ0) is 22.4. The van der Waals surface area contributed by atoms with Crippen LogP contribution >= 0.6 is 11.8 Å². The third-order valence-electron chi connectivity index (χ3n) is 4.39. The van der Waals surface area contributed by atoms with Gasteiger partial charge in [0.1, 0.15) is 0 Å². The Morgan fingerprint density at radius 3 is 2.29 bits per heavy atom. The molecule has 0 aliphatic carbocycles. The predicted molar refractivity (Wildman–Crippen MR) is 123 cm³/mol. The number of anilines is 2. The number of aromatic nitrogens is 4. The van der Waals surface area contributed by atoms with Gasteiger partial charge in [-0.25, -0.2) is 0 Å².